The van der Waals surface area contributed by atoms with Crippen molar-refractivity contribution >= 4 is 12.0 Å². The molecule has 2 amide bonds. The topological polar surface area (TPSA) is 90.6 Å². The molecule has 0 aliphatic carbocycles. The summed E-state index contributed by atoms with van der Waals surface area (Å²) in [7, 11) is 0. The van der Waals surface area contributed by atoms with Crippen LogP contribution in [0, 0.1) is 0 Å². The van der Waals surface area contributed by atoms with Gasteiger partial charge in [0.05, 0.1) is 6.61 Å². The number of nitrogens with two attached hydrogens (primary N) is 1. The quantitative estimate of drug-likeness (QED) is 0.535. The van der Waals surface area contributed by atoms with Crippen molar-refractivity contribution in [1.82, 2.24) is 5.32 Å². The van der Waals surface area contributed by atoms with Gasteiger partial charge in [-0.25, -0.2) is 10.7 Å². The standard InChI is InChI=1S/C9H18N2O4/c1-9(2,3)15-8(13)11-7(12)5-4-6-14-10/h4-6,10H2,1-3H3,(H,11,12,13). The van der Waals surface area contributed by atoms with Crippen LogP contribution >= 0.6 is 0 Å². The first kappa shape index (κ1) is 13.9. The van der Waals surface area contributed by atoms with Gasteiger partial charge >= 0.3 is 6.09 Å². The van der Waals surface area contributed by atoms with Gasteiger partial charge in [-0.1, -0.05) is 0 Å². The van der Waals surface area contributed by atoms with E-state index in [2.05, 4.69) is 10.2 Å². The molecule has 88 valence electrons. The zero-order valence-corrected chi connectivity index (χ0v) is 9.33. The number of rotatable bonds is 4. The Morgan fingerprint density at radius 2 is 1.93 bits per heavy atom. The first-order valence-electron chi connectivity index (χ1n) is 4.69. The molecule has 0 aliphatic rings. The predicted molar refractivity (Wildman–Crippen MR) is 53.8 cm³/mol. The summed E-state index contributed by atoms with van der Waals surface area (Å²) in [4.78, 5) is 26.5. The second-order valence-corrected chi connectivity index (χ2v) is 4.02. The maximum Gasteiger partial charge on any atom is 0.414 e. The average Bonchev–Trinajstić information content (AvgIpc) is 2.00. The highest BCUT2D eigenvalue weighted by molar-refractivity contribution is 5.91. The van der Waals surface area contributed by atoms with Crippen LogP contribution in [-0.4, -0.2) is 24.2 Å². The number of carbonyl (C=O) groups excluding carboxylic acids is 2. The molecule has 0 aromatic carbocycles. The first-order chi connectivity index (χ1) is 6.85. The number of carbonyl (C=O) groups is 2. The van der Waals surface area contributed by atoms with Gasteiger partial charge in [-0.2, -0.15) is 0 Å². The van der Waals surface area contributed by atoms with Crippen molar-refractivity contribution in [2.24, 2.45) is 5.90 Å². The van der Waals surface area contributed by atoms with Crippen LogP contribution in [0.2, 0.25) is 0 Å². The van der Waals surface area contributed by atoms with E-state index in [4.69, 9.17) is 10.6 Å². The third-order valence-electron chi connectivity index (χ3n) is 1.31. The summed E-state index contributed by atoms with van der Waals surface area (Å²) in [5.74, 6) is 4.37. The number of hydrogen-bond donors (Lipinski definition) is 2. The summed E-state index contributed by atoms with van der Waals surface area (Å²) in [6.07, 6.45) is -0.0946. The minimum Gasteiger partial charge on any atom is -0.444 e. The van der Waals surface area contributed by atoms with Crippen molar-refractivity contribution in [2.45, 2.75) is 39.2 Å². The maximum atomic E-state index is 11.1. The van der Waals surface area contributed by atoms with Crippen LogP contribution in [0.25, 0.3) is 0 Å². The lowest BCUT2D eigenvalue weighted by molar-refractivity contribution is -0.121. The molecule has 6 heteroatoms. The van der Waals surface area contributed by atoms with E-state index in [1.165, 1.54) is 0 Å². The van der Waals surface area contributed by atoms with E-state index >= 15 is 0 Å². The van der Waals surface area contributed by atoms with Gasteiger partial charge in [-0.3, -0.25) is 10.1 Å². The smallest absolute Gasteiger partial charge is 0.414 e. The number of hydrogen-bond acceptors (Lipinski definition) is 5. The molecule has 0 radical (unpaired) electrons. The molecular weight excluding hydrogens is 200 g/mol. The summed E-state index contributed by atoms with van der Waals surface area (Å²) in [5, 5.41) is 2.10. The number of alkyl carbamates (subject to hydrolysis) is 1. The molecule has 15 heavy (non-hydrogen) atoms. The van der Waals surface area contributed by atoms with Crippen LogP contribution in [0.1, 0.15) is 33.6 Å². The Kier molecular flexibility index (Phi) is 5.88. The zero-order valence-electron chi connectivity index (χ0n) is 9.33. The van der Waals surface area contributed by atoms with Crippen molar-refractivity contribution in [1.29, 1.82) is 0 Å². The van der Waals surface area contributed by atoms with Gasteiger partial charge in [-0.15, -0.1) is 0 Å². The largest absolute Gasteiger partial charge is 0.444 e. The summed E-state index contributed by atoms with van der Waals surface area (Å²) < 4.78 is 4.89. The van der Waals surface area contributed by atoms with Crippen LogP contribution < -0.4 is 11.2 Å². The van der Waals surface area contributed by atoms with Crippen LogP contribution in [0.4, 0.5) is 4.79 Å². The number of ether oxygens (including phenoxy) is 1. The average molecular weight is 218 g/mol. The summed E-state index contributed by atoms with van der Waals surface area (Å²) in [6.45, 7) is 5.44. The van der Waals surface area contributed by atoms with Crippen molar-refractivity contribution in [3.05, 3.63) is 0 Å². The third kappa shape index (κ3) is 9.17. The highest BCUT2D eigenvalue weighted by Crippen LogP contribution is 2.06. The fourth-order valence-electron chi connectivity index (χ4n) is 0.796. The minimum atomic E-state index is -0.735. The fourth-order valence-corrected chi connectivity index (χ4v) is 0.796. The Labute approximate surface area is 89.1 Å². The van der Waals surface area contributed by atoms with Gasteiger partial charge in [0.25, 0.3) is 0 Å². The molecule has 0 aromatic rings. The highest BCUT2D eigenvalue weighted by atomic mass is 16.6. The second-order valence-electron chi connectivity index (χ2n) is 4.02. The van der Waals surface area contributed by atoms with Gasteiger partial charge in [0.2, 0.25) is 5.91 Å². The summed E-state index contributed by atoms with van der Waals surface area (Å²) >= 11 is 0. The van der Waals surface area contributed by atoms with E-state index < -0.39 is 17.6 Å². The Morgan fingerprint density at radius 1 is 1.33 bits per heavy atom. The molecule has 0 fully saturated rings. The Morgan fingerprint density at radius 3 is 2.40 bits per heavy atom. The van der Waals surface area contributed by atoms with Crippen LogP contribution in [0.15, 0.2) is 0 Å². The van der Waals surface area contributed by atoms with E-state index in [0.29, 0.717) is 6.42 Å². The lowest BCUT2D eigenvalue weighted by Crippen LogP contribution is -2.36. The predicted octanol–water partition coefficient (Wildman–Crippen LogP) is 0.708. The number of nitrogens with one attached hydrogen (secondary N) is 1. The molecule has 0 aromatic heterocycles. The SMILES string of the molecule is CC(C)(C)OC(=O)NC(=O)CCCON. The third-order valence-corrected chi connectivity index (χ3v) is 1.31. The molecule has 0 unspecified atom stereocenters. The summed E-state index contributed by atoms with van der Waals surface area (Å²) in [5.41, 5.74) is -0.606. The molecule has 0 heterocycles. The molecule has 0 atom stereocenters. The van der Waals surface area contributed by atoms with Crippen molar-refractivity contribution in [2.75, 3.05) is 6.61 Å². The van der Waals surface area contributed by atoms with Gasteiger partial charge in [0.15, 0.2) is 0 Å². The normalized spacial score (nSPS) is 10.9. The minimum absolute atomic E-state index is 0.177. The Hall–Kier alpha value is -1.14. The maximum absolute atomic E-state index is 11.1. The molecule has 0 rings (SSSR count). The first-order valence-corrected chi connectivity index (χ1v) is 4.69. The lowest BCUT2D eigenvalue weighted by Gasteiger charge is -2.19. The van der Waals surface area contributed by atoms with Crippen LogP contribution in [0.5, 0.6) is 0 Å². The van der Waals surface area contributed by atoms with Crippen molar-refractivity contribution in [3.63, 3.8) is 0 Å². The van der Waals surface area contributed by atoms with Gasteiger partial charge in [0.1, 0.15) is 5.60 Å². The molecule has 6 nitrogen and oxygen atoms in total. The number of amides is 2. The van der Waals surface area contributed by atoms with E-state index in [9.17, 15) is 9.59 Å². The van der Waals surface area contributed by atoms with Crippen LogP contribution in [0.3, 0.4) is 0 Å². The van der Waals surface area contributed by atoms with E-state index in [-0.39, 0.29) is 13.0 Å². The van der Waals surface area contributed by atoms with Crippen LogP contribution in [-0.2, 0) is 14.4 Å². The molecule has 0 aliphatic heterocycles. The summed E-state index contributed by atoms with van der Waals surface area (Å²) in [6, 6.07) is 0. The number of imide groups is 1. The molecular formula is C9H18N2O4. The Bertz CT molecular complexity index is 223. The second kappa shape index (κ2) is 6.36. The van der Waals surface area contributed by atoms with Crippen molar-refractivity contribution < 1.29 is 19.2 Å². The lowest BCUT2D eigenvalue weighted by atomic mass is 10.2. The van der Waals surface area contributed by atoms with E-state index in [0.717, 1.165) is 0 Å². The molecule has 0 bridgehead atoms. The molecule has 0 spiro atoms. The monoisotopic (exact) mass is 218 g/mol. The molecule has 3 N–H and O–H groups in total. The van der Waals surface area contributed by atoms with E-state index in [1.54, 1.807) is 20.8 Å². The fraction of sp³-hybridized carbons (Fsp3) is 0.778. The molecule has 0 saturated heterocycles. The van der Waals surface area contributed by atoms with Crippen molar-refractivity contribution in [3.8, 4) is 0 Å². The van der Waals surface area contributed by atoms with Gasteiger partial charge < -0.3 is 9.57 Å². The van der Waals surface area contributed by atoms with Gasteiger partial charge in [-0.05, 0) is 27.2 Å². The Balaban J connectivity index is 3.72. The van der Waals surface area contributed by atoms with E-state index in [1.807, 2.05) is 0 Å². The van der Waals surface area contributed by atoms with Gasteiger partial charge in [0, 0.05) is 6.42 Å². The molecule has 0 saturated carbocycles. The highest BCUT2D eigenvalue weighted by Gasteiger charge is 2.17. The zero-order chi connectivity index (χ0) is 11.9.